The van der Waals surface area contributed by atoms with Crippen molar-refractivity contribution >= 4 is 17.7 Å². The minimum absolute atomic E-state index is 0.137. The van der Waals surface area contributed by atoms with Crippen molar-refractivity contribution in [3.63, 3.8) is 0 Å². The number of ether oxygens (including phenoxy) is 5. The van der Waals surface area contributed by atoms with Crippen molar-refractivity contribution in [3.8, 4) is 0 Å². The number of carboxylic acid groups (broad SMARTS) is 1. The lowest BCUT2D eigenvalue weighted by Gasteiger charge is -2.53. The van der Waals surface area contributed by atoms with Gasteiger partial charge in [0.15, 0.2) is 0 Å². The predicted octanol–water partition coefficient (Wildman–Crippen LogP) is 6.48. The Hall–Kier alpha value is -1.94. The SMILES string of the molecule is CC[C@@]1(SCC(=O)O)O[C@H](COC(C)(C)C)[C@H](OC(C)(C)C)[C@H](OCc2ccccc2)[C@H]1OCc1ccccc1. The summed E-state index contributed by atoms with van der Waals surface area (Å²) < 4.78 is 33.1. The molecule has 3 rings (SSSR count). The van der Waals surface area contributed by atoms with Crippen LogP contribution in [0, 0.1) is 0 Å². The van der Waals surface area contributed by atoms with Crippen LogP contribution in [0.5, 0.6) is 0 Å². The molecule has 0 unspecified atom stereocenters. The molecular weight excluding hydrogens is 528 g/mol. The molecule has 0 spiro atoms. The van der Waals surface area contributed by atoms with E-state index < -0.39 is 46.5 Å². The van der Waals surface area contributed by atoms with E-state index in [1.54, 1.807) is 0 Å². The molecule has 1 aliphatic rings. The average molecular weight is 575 g/mol. The quantitative estimate of drug-likeness (QED) is 0.291. The Balaban J connectivity index is 2.06. The number of benzene rings is 2. The molecule has 1 heterocycles. The largest absolute Gasteiger partial charge is 0.481 e. The van der Waals surface area contributed by atoms with Gasteiger partial charge in [-0.25, -0.2) is 0 Å². The second-order valence-electron chi connectivity index (χ2n) is 12.1. The van der Waals surface area contributed by atoms with Crippen molar-refractivity contribution in [2.45, 2.75) is 109 Å². The van der Waals surface area contributed by atoms with Gasteiger partial charge >= 0.3 is 5.97 Å². The molecule has 0 aliphatic carbocycles. The number of carbonyl (C=O) groups is 1. The van der Waals surface area contributed by atoms with Crippen LogP contribution in [0.25, 0.3) is 0 Å². The normalized spacial score (nSPS) is 25.6. The highest BCUT2D eigenvalue weighted by Crippen LogP contribution is 2.46. The van der Waals surface area contributed by atoms with Gasteiger partial charge in [-0.15, -0.1) is 11.8 Å². The molecule has 0 amide bonds. The molecule has 1 fully saturated rings. The first-order valence-corrected chi connectivity index (χ1v) is 15.0. The highest BCUT2D eigenvalue weighted by Gasteiger charge is 2.57. The Bertz CT molecular complexity index is 1030. The molecule has 7 nitrogen and oxygen atoms in total. The van der Waals surface area contributed by atoms with Gasteiger partial charge in [-0.1, -0.05) is 67.6 Å². The summed E-state index contributed by atoms with van der Waals surface area (Å²) in [5.74, 6) is -1.05. The van der Waals surface area contributed by atoms with Crippen molar-refractivity contribution in [1.82, 2.24) is 0 Å². The van der Waals surface area contributed by atoms with Gasteiger partial charge in [-0.3, -0.25) is 4.79 Å². The van der Waals surface area contributed by atoms with E-state index in [2.05, 4.69) is 0 Å². The first kappa shape index (κ1) is 32.6. The summed E-state index contributed by atoms with van der Waals surface area (Å²) in [6.07, 6.45) is -1.73. The molecule has 40 heavy (non-hydrogen) atoms. The van der Waals surface area contributed by atoms with Crippen LogP contribution in [0.1, 0.15) is 66.0 Å². The standard InChI is InChI=1S/C32H46O7S/c1-8-32(40-22-26(33)34)29(36-20-24-17-13-10-14-18-24)28(35-19-23-15-11-9-12-16-23)27(39-31(5,6)7)25(38-32)21-37-30(2,3)4/h9-18,25,27-29H,8,19-22H2,1-7H3,(H,33,34)/t25-,27+,28+,29-,32+/m1/s1. The zero-order valence-corrected chi connectivity index (χ0v) is 25.7. The topological polar surface area (TPSA) is 83.5 Å². The Morgan fingerprint density at radius 2 is 1.43 bits per heavy atom. The second kappa shape index (κ2) is 14.3. The van der Waals surface area contributed by atoms with Crippen LogP contribution in [0.3, 0.4) is 0 Å². The summed E-state index contributed by atoms with van der Waals surface area (Å²) in [6.45, 7) is 14.9. The van der Waals surface area contributed by atoms with Crippen molar-refractivity contribution in [3.05, 3.63) is 71.8 Å². The van der Waals surface area contributed by atoms with Gasteiger partial charge in [0.05, 0.1) is 36.8 Å². The number of thioether (sulfide) groups is 1. The van der Waals surface area contributed by atoms with Gasteiger partial charge < -0.3 is 28.8 Å². The highest BCUT2D eigenvalue weighted by atomic mass is 32.2. The lowest BCUT2D eigenvalue weighted by atomic mass is 9.91. The first-order chi connectivity index (χ1) is 18.8. The molecular formula is C32H46O7S. The van der Waals surface area contributed by atoms with E-state index in [4.69, 9.17) is 23.7 Å². The van der Waals surface area contributed by atoms with Gasteiger partial charge in [0.1, 0.15) is 29.3 Å². The Morgan fingerprint density at radius 3 is 1.90 bits per heavy atom. The Morgan fingerprint density at radius 1 is 0.875 bits per heavy atom. The first-order valence-electron chi connectivity index (χ1n) is 14.0. The minimum atomic E-state index is -1.00. The number of rotatable bonds is 13. The molecule has 1 aliphatic heterocycles. The summed E-state index contributed by atoms with van der Waals surface area (Å²) in [5, 5.41) is 9.65. The Kier molecular flexibility index (Phi) is 11.6. The van der Waals surface area contributed by atoms with Crippen molar-refractivity contribution in [2.75, 3.05) is 12.4 Å². The van der Waals surface area contributed by atoms with E-state index in [0.29, 0.717) is 19.6 Å². The fraction of sp³-hybridized carbons (Fsp3) is 0.594. The third-order valence-corrected chi connectivity index (χ3v) is 7.93. The van der Waals surface area contributed by atoms with E-state index >= 15 is 0 Å². The molecule has 0 radical (unpaired) electrons. The maximum atomic E-state index is 11.8. The summed E-state index contributed by atoms with van der Waals surface area (Å²) >= 11 is 1.24. The summed E-state index contributed by atoms with van der Waals surface area (Å²) in [4.78, 5) is 10.8. The van der Waals surface area contributed by atoms with Gasteiger partial charge in [0, 0.05) is 0 Å². The van der Waals surface area contributed by atoms with Crippen molar-refractivity contribution in [2.24, 2.45) is 0 Å². The number of hydrogen-bond acceptors (Lipinski definition) is 7. The molecule has 0 bridgehead atoms. The van der Waals surface area contributed by atoms with Crippen LogP contribution in [0.15, 0.2) is 60.7 Å². The van der Waals surface area contributed by atoms with Crippen LogP contribution >= 0.6 is 11.8 Å². The molecule has 1 N–H and O–H groups in total. The van der Waals surface area contributed by atoms with Gasteiger partial charge in [-0.2, -0.15) is 0 Å². The molecule has 0 aromatic heterocycles. The lowest BCUT2D eigenvalue weighted by molar-refractivity contribution is -0.297. The van der Waals surface area contributed by atoms with Gasteiger partial charge in [0.25, 0.3) is 0 Å². The zero-order chi connectivity index (χ0) is 29.4. The van der Waals surface area contributed by atoms with Crippen molar-refractivity contribution < 1.29 is 33.6 Å². The van der Waals surface area contributed by atoms with E-state index in [1.807, 2.05) is 109 Å². The minimum Gasteiger partial charge on any atom is -0.481 e. The number of aliphatic carboxylic acids is 1. The fourth-order valence-corrected chi connectivity index (χ4v) is 5.78. The van der Waals surface area contributed by atoms with Crippen LogP contribution in [-0.4, -0.2) is 64.0 Å². The summed E-state index contributed by atoms with van der Waals surface area (Å²) in [7, 11) is 0. The molecule has 0 saturated carbocycles. The highest BCUT2D eigenvalue weighted by molar-refractivity contribution is 8.01. The number of hydrogen-bond donors (Lipinski definition) is 1. The Labute approximate surface area is 243 Å². The second-order valence-corrected chi connectivity index (χ2v) is 13.4. The maximum Gasteiger partial charge on any atom is 0.313 e. The van der Waals surface area contributed by atoms with Crippen molar-refractivity contribution in [1.29, 1.82) is 0 Å². The molecule has 8 heteroatoms. The van der Waals surface area contributed by atoms with E-state index in [0.717, 1.165) is 11.1 Å². The zero-order valence-electron chi connectivity index (χ0n) is 24.9. The van der Waals surface area contributed by atoms with E-state index in [-0.39, 0.29) is 12.4 Å². The maximum absolute atomic E-state index is 11.8. The molecule has 2 aromatic carbocycles. The van der Waals surface area contributed by atoms with Crippen LogP contribution < -0.4 is 0 Å². The van der Waals surface area contributed by atoms with Crippen LogP contribution in [0.2, 0.25) is 0 Å². The third kappa shape index (κ3) is 9.86. The molecule has 5 atom stereocenters. The summed E-state index contributed by atoms with van der Waals surface area (Å²) in [5.41, 5.74) is 1.11. The monoisotopic (exact) mass is 574 g/mol. The molecule has 222 valence electrons. The smallest absolute Gasteiger partial charge is 0.313 e. The van der Waals surface area contributed by atoms with E-state index in [9.17, 15) is 9.90 Å². The van der Waals surface area contributed by atoms with Crippen LogP contribution in [-0.2, 0) is 41.7 Å². The van der Waals surface area contributed by atoms with Crippen LogP contribution in [0.4, 0.5) is 0 Å². The lowest BCUT2D eigenvalue weighted by Crippen LogP contribution is -2.67. The average Bonchev–Trinajstić information content (AvgIpc) is 2.89. The third-order valence-electron chi connectivity index (χ3n) is 6.43. The van der Waals surface area contributed by atoms with Gasteiger partial charge in [0.2, 0.25) is 0 Å². The van der Waals surface area contributed by atoms with E-state index in [1.165, 1.54) is 11.8 Å². The number of carboxylic acids is 1. The summed E-state index contributed by atoms with van der Waals surface area (Å²) in [6, 6.07) is 19.9. The fourth-order valence-electron chi connectivity index (χ4n) is 4.65. The predicted molar refractivity (Wildman–Crippen MR) is 158 cm³/mol. The van der Waals surface area contributed by atoms with Gasteiger partial charge in [-0.05, 0) is 59.1 Å². The molecule has 1 saturated heterocycles. The molecule has 2 aromatic rings.